The third kappa shape index (κ3) is 11.7. The maximum absolute atomic E-state index is 6.81. The molecule has 0 radical (unpaired) electrons. The van der Waals surface area contributed by atoms with Crippen molar-refractivity contribution in [1.29, 1.82) is 0 Å². The maximum Gasteiger partial charge on any atom is 0.166 e. The summed E-state index contributed by atoms with van der Waals surface area (Å²) in [6, 6.07) is 139. The number of rotatable bonds is 12. The van der Waals surface area contributed by atoms with Crippen LogP contribution in [0.3, 0.4) is 0 Å². The van der Waals surface area contributed by atoms with Crippen LogP contribution in [0.25, 0.3) is 234 Å². The first-order chi connectivity index (χ1) is 59.0. The second-order valence-corrected chi connectivity index (χ2v) is 29.9. The van der Waals surface area contributed by atoms with Gasteiger partial charge in [-0.2, -0.15) is 0 Å². The molecule has 0 N–H and O–H groups in total. The molecule has 7 heterocycles. The third-order valence-corrected chi connectivity index (χ3v) is 22.9. The predicted octanol–water partition coefficient (Wildman–Crippen LogP) is 28.3. The highest BCUT2D eigenvalue weighted by Crippen LogP contribution is 2.48. The number of nitrogens with zero attached hydrogens (tertiary/aromatic N) is 8. The molecule has 556 valence electrons. The minimum Gasteiger partial charge on any atom is -0.456 e. The zero-order chi connectivity index (χ0) is 78.4. The van der Waals surface area contributed by atoms with Gasteiger partial charge in [0.2, 0.25) is 0 Å². The van der Waals surface area contributed by atoms with Crippen LogP contribution in [0.2, 0.25) is 0 Å². The van der Waals surface area contributed by atoms with Crippen molar-refractivity contribution >= 4 is 109 Å². The summed E-state index contributed by atoms with van der Waals surface area (Å²) in [5, 5.41) is 11.0. The second kappa shape index (κ2) is 28.4. The highest BCUT2D eigenvalue weighted by Gasteiger charge is 2.27. The number of furan rings is 3. The van der Waals surface area contributed by atoms with Crippen LogP contribution in [0.1, 0.15) is 0 Å². The Bertz CT molecular complexity index is 8090. The van der Waals surface area contributed by atoms with E-state index in [1.165, 1.54) is 0 Å². The van der Waals surface area contributed by atoms with Crippen molar-refractivity contribution in [3.8, 4) is 124 Å². The van der Waals surface area contributed by atoms with E-state index in [2.05, 4.69) is 325 Å². The van der Waals surface area contributed by atoms with Gasteiger partial charge in [-0.3, -0.25) is 0 Å². The minimum atomic E-state index is 0.565. The van der Waals surface area contributed by atoms with Crippen LogP contribution in [-0.2, 0) is 0 Å². The van der Waals surface area contributed by atoms with Crippen LogP contribution < -0.4 is 0 Å². The van der Waals surface area contributed by atoms with E-state index in [4.69, 9.17) is 43.2 Å². The molecular weight excluding hydrogens is 1460 g/mol. The van der Waals surface area contributed by atoms with Gasteiger partial charge in [0.05, 0.1) is 44.2 Å². The molecule has 24 aromatic rings. The quantitative estimate of drug-likeness (QED) is 0.117. The summed E-state index contributed by atoms with van der Waals surface area (Å²) >= 11 is 0. The third-order valence-electron chi connectivity index (χ3n) is 22.9. The zero-order valence-electron chi connectivity index (χ0n) is 63.9. The molecule has 0 saturated heterocycles. The van der Waals surface area contributed by atoms with Gasteiger partial charge < -0.3 is 22.4 Å². The van der Waals surface area contributed by atoms with Gasteiger partial charge in [0.25, 0.3) is 0 Å². The number of fused-ring (bicyclic) bond motifs is 17. The van der Waals surface area contributed by atoms with Gasteiger partial charge >= 0.3 is 0 Å². The van der Waals surface area contributed by atoms with E-state index < -0.39 is 0 Å². The molecule has 0 aliphatic rings. The Hall–Kier alpha value is -16.2. The topological polar surface area (TPSA) is 127 Å². The van der Waals surface area contributed by atoms with Crippen molar-refractivity contribution in [2.75, 3.05) is 0 Å². The van der Waals surface area contributed by atoms with E-state index in [0.29, 0.717) is 34.9 Å². The SMILES string of the molecule is c1ccc(-c2ccc(-c3nc(-c4cccc(-c5ccccc5)c4)nc(-c4ccccc4-n4c5ccccc5c5ccc6oc7c(-c8ccccc8)cccc7c6c54)n3)cc2)cc1.c1ccc(-c2nc(-c3ccc4c(c3)oc3ccccc34)nc(-c3ccccc3-n3c4ccccc4c4ccc5oc6c(-c7ccccc7)cccc6c5c43)n2)cc1. The lowest BCUT2D eigenvalue weighted by molar-refractivity contribution is 0.669. The van der Waals surface area contributed by atoms with Crippen LogP contribution in [0.5, 0.6) is 0 Å². The molecule has 0 unspecified atom stereocenters. The van der Waals surface area contributed by atoms with Gasteiger partial charge in [0, 0.05) is 87.6 Å². The summed E-state index contributed by atoms with van der Waals surface area (Å²) in [5.74, 6) is 3.51. The summed E-state index contributed by atoms with van der Waals surface area (Å²) < 4.78 is 24.6. The fourth-order valence-corrected chi connectivity index (χ4v) is 17.5. The molecule has 0 aliphatic carbocycles. The van der Waals surface area contributed by atoms with Crippen molar-refractivity contribution in [1.82, 2.24) is 39.0 Å². The van der Waals surface area contributed by atoms with Crippen molar-refractivity contribution in [3.63, 3.8) is 0 Å². The van der Waals surface area contributed by atoms with E-state index in [-0.39, 0.29) is 0 Å². The normalized spacial score (nSPS) is 11.7. The molecule has 0 amide bonds. The van der Waals surface area contributed by atoms with Gasteiger partial charge in [0.1, 0.15) is 33.5 Å². The highest BCUT2D eigenvalue weighted by molar-refractivity contribution is 6.27. The van der Waals surface area contributed by atoms with Gasteiger partial charge in [-0.05, 0) is 118 Å². The Kier molecular flexibility index (Phi) is 16.3. The summed E-state index contributed by atoms with van der Waals surface area (Å²) in [6.45, 7) is 0. The standard InChI is InChI=1S/C57H36N4O.C51H30N4O2/c1-4-16-37(17-5-1)39-30-32-41(33-31-39)55-58-56(43-23-14-22-42(36-43)38-18-6-2-7-19-38)60-57(59-55)47-25-11-13-29-50(47)61-49-28-12-10-24-45(49)46-34-35-51-52(53(46)61)48-27-15-26-44(54(48)62-51)40-20-8-3-9-21-40;1-3-14-31(15-4-1)34-21-13-22-40-46-44(57-48(34)40)29-28-38-35-18-7-10-23-41(35)55(47(38)46)42-24-11-8-20-39(42)51-53-49(32-16-5-2-6-17-32)52-50(54-51)33-26-27-37-36-19-9-12-25-43(36)56-45(37)30-33/h1-36H;1-30H. The molecular formula is C108H66N8O3. The van der Waals surface area contributed by atoms with Crippen LogP contribution in [-0.4, -0.2) is 39.0 Å². The van der Waals surface area contributed by atoms with E-state index in [1.807, 2.05) is 84.9 Å². The fourth-order valence-electron chi connectivity index (χ4n) is 17.5. The van der Waals surface area contributed by atoms with Gasteiger partial charge in [0.15, 0.2) is 34.9 Å². The predicted molar refractivity (Wildman–Crippen MR) is 485 cm³/mol. The largest absolute Gasteiger partial charge is 0.456 e. The first-order valence-corrected chi connectivity index (χ1v) is 39.9. The van der Waals surface area contributed by atoms with Gasteiger partial charge in [-0.25, -0.2) is 29.9 Å². The Morgan fingerprint density at radius 1 is 0.176 bits per heavy atom. The zero-order valence-corrected chi connectivity index (χ0v) is 63.9. The van der Waals surface area contributed by atoms with Crippen molar-refractivity contribution in [2.24, 2.45) is 0 Å². The van der Waals surface area contributed by atoms with Crippen LogP contribution in [0.15, 0.2) is 414 Å². The van der Waals surface area contributed by atoms with E-state index in [9.17, 15) is 0 Å². The first kappa shape index (κ1) is 68.4. The first-order valence-electron chi connectivity index (χ1n) is 39.9. The number of hydrogen-bond acceptors (Lipinski definition) is 9. The summed E-state index contributed by atoms with van der Waals surface area (Å²) in [4.78, 5) is 31.3. The molecule has 0 fully saturated rings. The smallest absolute Gasteiger partial charge is 0.166 e. The highest BCUT2D eigenvalue weighted by atomic mass is 16.3. The Morgan fingerprint density at radius 3 is 1.03 bits per heavy atom. The monoisotopic (exact) mass is 1520 g/mol. The lowest BCUT2D eigenvalue weighted by Gasteiger charge is -2.15. The summed E-state index contributed by atoms with van der Waals surface area (Å²) in [7, 11) is 0. The van der Waals surface area contributed by atoms with Crippen molar-refractivity contribution in [3.05, 3.63) is 400 Å². The number of para-hydroxylation sites is 7. The van der Waals surface area contributed by atoms with Crippen LogP contribution >= 0.6 is 0 Å². The molecule has 0 saturated carbocycles. The van der Waals surface area contributed by atoms with Gasteiger partial charge in [-0.1, -0.05) is 315 Å². The molecule has 119 heavy (non-hydrogen) atoms. The van der Waals surface area contributed by atoms with E-state index in [1.54, 1.807) is 0 Å². The number of aromatic nitrogens is 8. The fraction of sp³-hybridized carbons (Fsp3) is 0. The molecule has 0 atom stereocenters. The van der Waals surface area contributed by atoms with Gasteiger partial charge in [-0.15, -0.1) is 0 Å². The molecule has 0 aliphatic heterocycles. The second-order valence-electron chi connectivity index (χ2n) is 29.9. The molecule has 11 heteroatoms. The summed E-state index contributed by atoms with van der Waals surface area (Å²) in [5.41, 5.74) is 25.4. The van der Waals surface area contributed by atoms with E-state index >= 15 is 0 Å². The Labute approximate surface area is 682 Å². The van der Waals surface area contributed by atoms with E-state index in [0.717, 1.165) is 199 Å². The Balaban J connectivity index is 0.000000140. The van der Waals surface area contributed by atoms with Crippen LogP contribution in [0, 0.1) is 0 Å². The molecule has 7 aromatic heterocycles. The summed E-state index contributed by atoms with van der Waals surface area (Å²) in [6.07, 6.45) is 0. The maximum atomic E-state index is 6.81. The Morgan fingerprint density at radius 2 is 0.504 bits per heavy atom. The number of hydrogen-bond donors (Lipinski definition) is 0. The lowest BCUT2D eigenvalue weighted by atomic mass is 10.0. The molecule has 11 nitrogen and oxygen atoms in total. The molecule has 0 spiro atoms. The lowest BCUT2D eigenvalue weighted by Crippen LogP contribution is -2.03. The van der Waals surface area contributed by atoms with Crippen LogP contribution in [0.4, 0.5) is 0 Å². The molecule has 0 bridgehead atoms. The van der Waals surface area contributed by atoms with Crippen molar-refractivity contribution < 1.29 is 13.3 Å². The average molecular weight is 1520 g/mol. The average Bonchev–Trinajstić information content (AvgIpc) is 1.55. The molecule has 24 rings (SSSR count). The number of benzene rings is 17. The molecule has 17 aromatic carbocycles. The minimum absolute atomic E-state index is 0.565. The van der Waals surface area contributed by atoms with Crippen molar-refractivity contribution in [2.45, 2.75) is 0 Å².